The van der Waals surface area contributed by atoms with Crippen molar-refractivity contribution in [3.63, 3.8) is 0 Å². The predicted octanol–water partition coefficient (Wildman–Crippen LogP) is 3.74. The van der Waals surface area contributed by atoms with Crippen LogP contribution in [0.4, 0.5) is 5.69 Å². The molecule has 0 radical (unpaired) electrons. The fourth-order valence-corrected chi connectivity index (χ4v) is 2.61. The van der Waals surface area contributed by atoms with Crippen LogP contribution in [0.15, 0.2) is 60.7 Å². The van der Waals surface area contributed by atoms with Gasteiger partial charge in [0.05, 0.1) is 12.8 Å². The maximum absolute atomic E-state index is 7.64. The summed E-state index contributed by atoms with van der Waals surface area (Å²) in [6.07, 6.45) is 0. The van der Waals surface area contributed by atoms with E-state index in [9.17, 15) is 0 Å². The topological polar surface area (TPSA) is 71.1 Å². The van der Waals surface area contributed by atoms with E-state index in [0.717, 1.165) is 22.2 Å². The summed E-state index contributed by atoms with van der Waals surface area (Å²) in [5, 5.41) is 13.2. The molecule has 3 aromatic carbocycles. The summed E-state index contributed by atoms with van der Waals surface area (Å²) in [5.74, 6) is 0.831. The Bertz CT molecular complexity index is 844. The first-order valence-electron chi connectivity index (χ1n) is 7.42. The summed E-state index contributed by atoms with van der Waals surface area (Å²) in [6.45, 7) is 0.695. The van der Waals surface area contributed by atoms with Crippen molar-refractivity contribution in [1.82, 2.24) is 0 Å². The van der Waals surface area contributed by atoms with E-state index in [4.69, 9.17) is 15.9 Å². The largest absolute Gasteiger partial charge is 0.495 e. The van der Waals surface area contributed by atoms with Gasteiger partial charge in [-0.3, -0.25) is 5.41 Å². The van der Waals surface area contributed by atoms with Gasteiger partial charge in [0.25, 0.3) is 0 Å². The van der Waals surface area contributed by atoms with Gasteiger partial charge >= 0.3 is 0 Å². The zero-order valence-corrected chi connectivity index (χ0v) is 13.0. The van der Waals surface area contributed by atoms with Gasteiger partial charge in [0.2, 0.25) is 0 Å². The quantitative estimate of drug-likeness (QED) is 0.496. The maximum Gasteiger partial charge on any atom is 0.142 e. The molecule has 23 heavy (non-hydrogen) atoms. The second kappa shape index (κ2) is 6.40. The molecule has 0 atom stereocenters. The van der Waals surface area contributed by atoms with E-state index in [1.807, 2.05) is 48.5 Å². The summed E-state index contributed by atoms with van der Waals surface area (Å²) in [4.78, 5) is 0. The molecule has 0 aliphatic rings. The van der Waals surface area contributed by atoms with E-state index >= 15 is 0 Å². The summed E-state index contributed by atoms with van der Waals surface area (Å²) < 4.78 is 5.49. The number of methoxy groups -OCH3 is 1. The Kier molecular flexibility index (Phi) is 4.15. The molecule has 4 nitrogen and oxygen atoms in total. The second-order valence-electron chi connectivity index (χ2n) is 5.33. The smallest absolute Gasteiger partial charge is 0.142 e. The minimum atomic E-state index is 0.0590. The lowest BCUT2D eigenvalue weighted by Crippen LogP contribution is -2.11. The molecule has 116 valence electrons. The van der Waals surface area contributed by atoms with Crippen molar-refractivity contribution in [2.45, 2.75) is 6.54 Å². The Morgan fingerprint density at radius 2 is 1.83 bits per heavy atom. The van der Waals surface area contributed by atoms with Gasteiger partial charge in [-0.2, -0.15) is 0 Å². The molecule has 4 heteroatoms. The highest BCUT2D eigenvalue weighted by Crippen LogP contribution is 2.34. The minimum absolute atomic E-state index is 0.0590. The van der Waals surface area contributed by atoms with E-state index < -0.39 is 0 Å². The van der Waals surface area contributed by atoms with Crippen LogP contribution in [0.25, 0.3) is 10.8 Å². The van der Waals surface area contributed by atoms with Crippen LogP contribution in [0, 0.1) is 5.41 Å². The van der Waals surface area contributed by atoms with Crippen molar-refractivity contribution >= 4 is 22.3 Å². The van der Waals surface area contributed by atoms with Gasteiger partial charge < -0.3 is 15.8 Å². The summed E-state index contributed by atoms with van der Waals surface area (Å²) in [5.41, 5.74) is 8.43. The summed E-state index contributed by atoms with van der Waals surface area (Å²) in [6, 6.07) is 19.9. The van der Waals surface area contributed by atoms with Gasteiger partial charge in [0.1, 0.15) is 11.6 Å². The zero-order valence-electron chi connectivity index (χ0n) is 13.0. The highest BCUT2D eigenvalue weighted by atomic mass is 16.5. The van der Waals surface area contributed by atoms with Gasteiger partial charge in [-0.05, 0) is 23.1 Å². The molecule has 0 aromatic heterocycles. The lowest BCUT2D eigenvalue weighted by Gasteiger charge is -2.15. The Balaban J connectivity index is 2.04. The normalized spacial score (nSPS) is 10.5. The lowest BCUT2D eigenvalue weighted by molar-refractivity contribution is 0.417. The van der Waals surface area contributed by atoms with Crippen LogP contribution in [0.5, 0.6) is 5.75 Å². The van der Waals surface area contributed by atoms with Crippen LogP contribution < -0.4 is 15.8 Å². The summed E-state index contributed by atoms with van der Waals surface area (Å²) in [7, 11) is 1.66. The molecule has 3 rings (SSSR count). The average Bonchev–Trinajstić information content (AvgIpc) is 2.59. The molecule has 0 saturated heterocycles. The highest BCUT2D eigenvalue weighted by molar-refractivity contribution is 6.03. The van der Waals surface area contributed by atoms with E-state index in [1.165, 1.54) is 5.56 Å². The van der Waals surface area contributed by atoms with Crippen LogP contribution >= 0.6 is 0 Å². The van der Waals surface area contributed by atoms with Crippen LogP contribution in [0.1, 0.15) is 11.1 Å². The number of nitrogens with two attached hydrogens (primary N) is 1. The number of hydrogen-bond acceptors (Lipinski definition) is 3. The summed E-state index contributed by atoms with van der Waals surface area (Å²) >= 11 is 0. The van der Waals surface area contributed by atoms with Gasteiger partial charge in [-0.25, -0.2) is 0 Å². The first-order valence-corrected chi connectivity index (χ1v) is 7.42. The van der Waals surface area contributed by atoms with Gasteiger partial charge in [0.15, 0.2) is 0 Å². The molecular weight excluding hydrogens is 286 g/mol. The average molecular weight is 305 g/mol. The van der Waals surface area contributed by atoms with Crippen molar-refractivity contribution in [3.05, 3.63) is 71.8 Å². The van der Waals surface area contributed by atoms with E-state index in [2.05, 4.69) is 17.4 Å². The molecule has 4 N–H and O–H groups in total. The van der Waals surface area contributed by atoms with Crippen molar-refractivity contribution in [2.75, 3.05) is 12.4 Å². The minimum Gasteiger partial charge on any atom is -0.495 e. The molecule has 0 unspecified atom stereocenters. The molecular formula is C19H19N3O. The van der Waals surface area contributed by atoms with Gasteiger partial charge in [0, 0.05) is 17.5 Å². The monoisotopic (exact) mass is 305 g/mol. The molecule has 0 saturated carbocycles. The molecule has 0 aliphatic heterocycles. The Morgan fingerprint density at radius 3 is 2.52 bits per heavy atom. The number of benzene rings is 3. The standard InChI is InChI=1S/C19H19N3O/c1-23-17-10-9-14-7-8-15(19(20)21)11-16(14)18(17)22-12-13-5-3-2-4-6-13/h2-11,22H,12H2,1H3,(H3,20,21). The van der Waals surface area contributed by atoms with Crippen molar-refractivity contribution in [3.8, 4) is 5.75 Å². The van der Waals surface area contributed by atoms with Crippen molar-refractivity contribution in [2.24, 2.45) is 5.73 Å². The Labute approximate surface area is 135 Å². The van der Waals surface area contributed by atoms with E-state index in [1.54, 1.807) is 7.11 Å². The molecule has 0 fully saturated rings. The number of ether oxygens (including phenoxy) is 1. The molecule has 0 heterocycles. The molecule has 0 aliphatic carbocycles. The van der Waals surface area contributed by atoms with Crippen LogP contribution in [-0.4, -0.2) is 12.9 Å². The predicted molar refractivity (Wildman–Crippen MR) is 95.3 cm³/mol. The van der Waals surface area contributed by atoms with Gasteiger partial charge in [-0.15, -0.1) is 0 Å². The highest BCUT2D eigenvalue weighted by Gasteiger charge is 2.10. The third-order valence-corrected chi connectivity index (χ3v) is 3.83. The first-order chi connectivity index (χ1) is 11.2. The SMILES string of the molecule is COc1ccc2ccc(C(=N)N)cc2c1NCc1ccccc1. The van der Waals surface area contributed by atoms with E-state index in [-0.39, 0.29) is 5.84 Å². The van der Waals surface area contributed by atoms with Crippen molar-refractivity contribution < 1.29 is 4.74 Å². The third kappa shape index (κ3) is 3.11. The Morgan fingerprint density at radius 1 is 1.09 bits per heavy atom. The fourth-order valence-electron chi connectivity index (χ4n) is 2.61. The van der Waals surface area contributed by atoms with Crippen LogP contribution in [-0.2, 0) is 6.54 Å². The van der Waals surface area contributed by atoms with Crippen LogP contribution in [0.3, 0.4) is 0 Å². The number of anilines is 1. The molecule has 0 bridgehead atoms. The number of nitrogens with one attached hydrogen (secondary N) is 2. The maximum atomic E-state index is 7.64. The number of rotatable bonds is 5. The number of amidine groups is 1. The van der Waals surface area contributed by atoms with Crippen molar-refractivity contribution in [1.29, 1.82) is 5.41 Å². The number of fused-ring (bicyclic) bond motifs is 1. The van der Waals surface area contributed by atoms with Crippen LogP contribution in [0.2, 0.25) is 0 Å². The molecule has 3 aromatic rings. The Hall–Kier alpha value is -3.01. The van der Waals surface area contributed by atoms with Gasteiger partial charge in [-0.1, -0.05) is 48.5 Å². The number of hydrogen-bond donors (Lipinski definition) is 3. The zero-order chi connectivity index (χ0) is 16.2. The third-order valence-electron chi connectivity index (χ3n) is 3.83. The number of nitrogen functional groups attached to an aromatic ring is 1. The fraction of sp³-hybridized carbons (Fsp3) is 0.105. The molecule has 0 spiro atoms. The molecule has 0 amide bonds. The van der Waals surface area contributed by atoms with E-state index in [0.29, 0.717) is 12.1 Å². The lowest BCUT2D eigenvalue weighted by atomic mass is 10.0. The first kappa shape index (κ1) is 14.9. The second-order valence-corrected chi connectivity index (χ2v) is 5.33.